The molecule has 0 aliphatic carbocycles. The number of hydrogen-bond acceptors (Lipinski definition) is 6. The topological polar surface area (TPSA) is 83.8 Å². The first-order valence-electron chi connectivity index (χ1n) is 9.58. The molecule has 2 aromatic rings. The molecule has 0 saturated heterocycles. The molecule has 2 amide bonds. The maximum absolute atomic E-state index is 12.8. The highest BCUT2D eigenvalue weighted by atomic mass is 32.2. The molecule has 7 nitrogen and oxygen atoms in total. The normalized spacial score (nSPS) is 21.3. The summed E-state index contributed by atoms with van der Waals surface area (Å²) >= 11 is 1.83. The third-order valence-corrected chi connectivity index (χ3v) is 5.99. The minimum absolute atomic E-state index is 0.245. The highest BCUT2D eigenvalue weighted by Gasteiger charge is 2.36. The highest BCUT2D eigenvalue weighted by molar-refractivity contribution is 8.00. The molecule has 1 aromatic heterocycles. The molecule has 4 rings (SSSR count). The number of rotatable bonds is 5. The summed E-state index contributed by atoms with van der Waals surface area (Å²) in [5.74, 6) is 0.0208. The zero-order chi connectivity index (χ0) is 20.4. The molecule has 29 heavy (non-hydrogen) atoms. The Hall–Kier alpha value is -2.87. The molecule has 152 valence electrons. The summed E-state index contributed by atoms with van der Waals surface area (Å²) in [6.07, 6.45) is 1.52. The summed E-state index contributed by atoms with van der Waals surface area (Å²) in [5, 5.41) is 5.99. The second-order valence-electron chi connectivity index (χ2n) is 6.94. The van der Waals surface area contributed by atoms with E-state index in [0.29, 0.717) is 28.8 Å². The molecule has 1 aromatic carbocycles. The fraction of sp³-hybridized carbons (Fsp3) is 0.333. The number of esters is 1. The van der Waals surface area contributed by atoms with Gasteiger partial charge < -0.3 is 24.7 Å². The van der Waals surface area contributed by atoms with E-state index in [1.807, 2.05) is 23.9 Å². The Morgan fingerprint density at radius 1 is 1.31 bits per heavy atom. The van der Waals surface area contributed by atoms with Gasteiger partial charge in [-0.25, -0.2) is 9.59 Å². The lowest BCUT2D eigenvalue weighted by Crippen LogP contribution is -2.49. The van der Waals surface area contributed by atoms with Crippen LogP contribution in [0.4, 0.5) is 10.5 Å². The number of urea groups is 1. The van der Waals surface area contributed by atoms with E-state index in [2.05, 4.69) is 34.6 Å². The highest BCUT2D eigenvalue weighted by Crippen LogP contribution is 2.39. The van der Waals surface area contributed by atoms with Gasteiger partial charge in [0, 0.05) is 16.7 Å². The van der Waals surface area contributed by atoms with Crippen LogP contribution in [0, 0.1) is 0 Å². The molecular formula is C21H23N3O4S. The number of amides is 2. The van der Waals surface area contributed by atoms with Crippen molar-refractivity contribution in [1.29, 1.82) is 0 Å². The van der Waals surface area contributed by atoms with Crippen LogP contribution >= 0.6 is 11.8 Å². The first-order valence-corrected chi connectivity index (χ1v) is 10.5. The van der Waals surface area contributed by atoms with Crippen LogP contribution in [0.15, 0.2) is 63.2 Å². The first-order chi connectivity index (χ1) is 14.1. The van der Waals surface area contributed by atoms with Crippen molar-refractivity contribution in [3.8, 4) is 0 Å². The quantitative estimate of drug-likeness (QED) is 0.731. The van der Waals surface area contributed by atoms with E-state index < -0.39 is 12.0 Å². The fourth-order valence-corrected chi connectivity index (χ4v) is 4.85. The van der Waals surface area contributed by atoms with Crippen molar-refractivity contribution in [2.75, 3.05) is 24.6 Å². The zero-order valence-corrected chi connectivity index (χ0v) is 17.1. The molecule has 2 aliphatic heterocycles. The van der Waals surface area contributed by atoms with Crippen molar-refractivity contribution >= 4 is 29.4 Å². The van der Waals surface area contributed by atoms with Crippen molar-refractivity contribution in [3.63, 3.8) is 0 Å². The van der Waals surface area contributed by atoms with Gasteiger partial charge in [0.05, 0.1) is 36.4 Å². The smallest absolute Gasteiger partial charge is 0.338 e. The molecule has 8 heteroatoms. The minimum atomic E-state index is -0.695. The lowest BCUT2D eigenvalue weighted by atomic mass is 9.99. The number of thioether (sulfide) groups is 1. The summed E-state index contributed by atoms with van der Waals surface area (Å²) < 4.78 is 10.8. The molecule has 0 spiro atoms. The summed E-state index contributed by atoms with van der Waals surface area (Å²) in [5.41, 5.74) is 1.99. The maximum Gasteiger partial charge on any atom is 0.338 e. The molecule has 2 N–H and O–H groups in total. The Kier molecular flexibility index (Phi) is 5.53. The van der Waals surface area contributed by atoms with Crippen LogP contribution in [-0.2, 0) is 9.53 Å². The number of furan rings is 1. The largest absolute Gasteiger partial charge is 0.467 e. The van der Waals surface area contributed by atoms with Crippen LogP contribution in [0.1, 0.15) is 25.6 Å². The van der Waals surface area contributed by atoms with E-state index in [1.165, 1.54) is 11.2 Å². The summed E-state index contributed by atoms with van der Waals surface area (Å²) in [4.78, 5) is 28.6. The molecule has 2 aliphatic rings. The second kappa shape index (κ2) is 8.24. The van der Waals surface area contributed by atoms with E-state index in [4.69, 9.17) is 9.15 Å². The van der Waals surface area contributed by atoms with Crippen molar-refractivity contribution in [2.45, 2.75) is 30.0 Å². The van der Waals surface area contributed by atoms with Crippen molar-refractivity contribution in [3.05, 3.63) is 59.7 Å². The molecule has 3 heterocycles. The Bertz CT molecular complexity index is 941. The van der Waals surface area contributed by atoms with Gasteiger partial charge in [0.25, 0.3) is 0 Å². The van der Waals surface area contributed by atoms with Gasteiger partial charge in [0.2, 0.25) is 0 Å². The molecular weight excluding hydrogens is 390 g/mol. The van der Waals surface area contributed by atoms with Crippen molar-refractivity contribution < 1.29 is 18.7 Å². The van der Waals surface area contributed by atoms with E-state index in [9.17, 15) is 9.59 Å². The average molecular weight is 413 g/mol. The van der Waals surface area contributed by atoms with Crippen LogP contribution in [0.2, 0.25) is 0 Å². The number of benzene rings is 1. The number of fused-ring (bicyclic) bond motifs is 1. The van der Waals surface area contributed by atoms with E-state index in [-0.39, 0.29) is 12.6 Å². The summed E-state index contributed by atoms with van der Waals surface area (Å²) in [6, 6.07) is 10.6. The van der Waals surface area contributed by atoms with Gasteiger partial charge in [-0.15, -0.1) is 11.8 Å². The summed E-state index contributed by atoms with van der Waals surface area (Å²) in [6.45, 7) is 5.36. The number of para-hydroxylation sites is 1. The van der Waals surface area contributed by atoms with E-state index >= 15 is 0 Å². The Morgan fingerprint density at radius 3 is 2.90 bits per heavy atom. The average Bonchev–Trinajstić information content (AvgIpc) is 3.22. The van der Waals surface area contributed by atoms with Gasteiger partial charge in [-0.1, -0.05) is 19.1 Å². The number of hydrogen-bond donors (Lipinski definition) is 2. The van der Waals surface area contributed by atoms with Crippen molar-refractivity contribution in [2.24, 2.45) is 0 Å². The van der Waals surface area contributed by atoms with Gasteiger partial charge in [-0.2, -0.15) is 0 Å². The monoisotopic (exact) mass is 413 g/mol. The third-order valence-electron chi connectivity index (χ3n) is 4.84. The first kappa shape index (κ1) is 19.4. The van der Waals surface area contributed by atoms with Gasteiger partial charge in [0.15, 0.2) is 0 Å². The number of anilines is 1. The Balaban J connectivity index is 1.74. The van der Waals surface area contributed by atoms with Crippen LogP contribution in [0.25, 0.3) is 0 Å². The van der Waals surface area contributed by atoms with Crippen LogP contribution in [0.3, 0.4) is 0 Å². The van der Waals surface area contributed by atoms with Gasteiger partial charge >= 0.3 is 12.0 Å². The fourth-order valence-electron chi connectivity index (χ4n) is 3.68. The molecule has 0 fully saturated rings. The second-order valence-corrected chi connectivity index (χ2v) is 8.42. The SMILES string of the molecule is CCOC(=O)C1=C(CN2C[C@@H](C)Sc3ccccc32)NC(=O)N[C@@H]1c1ccco1. The zero-order valence-electron chi connectivity index (χ0n) is 16.3. The number of nitrogens with one attached hydrogen (secondary N) is 2. The van der Waals surface area contributed by atoms with E-state index in [1.54, 1.807) is 19.1 Å². The summed E-state index contributed by atoms with van der Waals surface area (Å²) in [7, 11) is 0. The van der Waals surface area contributed by atoms with Crippen LogP contribution < -0.4 is 15.5 Å². The minimum Gasteiger partial charge on any atom is -0.467 e. The van der Waals surface area contributed by atoms with Crippen LogP contribution in [0.5, 0.6) is 0 Å². The molecule has 0 saturated carbocycles. The molecule has 0 unspecified atom stereocenters. The Labute approximate surface area is 173 Å². The number of carbonyl (C=O) groups is 2. The lowest BCUT2D eigenvalue weighted by molar-refractivity contribution is -0.139. The maximum atomic E-state index is 12.8. The number of ether oxygens (including phenoxy) is 1. The Morgan fingerprint density at radius 2 is 2.14 bits per heavy atom. The molecule has 0 radical (unpaired) electrons. The van der Waals surface area contributed by atoms with E-state index in [0.717, 1.165) is 12.2 Å². The predicted molar refractivity (Wildman–Crippen MR) is 111 cm³/mol. The predicted octanol–water partition coefficient (Wildman–Crippen LogP) is 3.45. The van der Waals surface area contributed by atoms with Crippen LogP contribution in [-0.4, -0.2) is 36.9 Å². The number of carbonyl (C=O) groups excluding carboxylic acids is 2. The van der Waals surface area contributed by atoms with Gasteiger partial charge in [-0.3, -0.25) is 0 Å². The standard InChI is InChI=1S/C21H23N3O4S/c1-3-27-20(25)18-14(22-21(26)23-19(18)16-8-6-10-28-16)12-24-11-13(2)29-17-9-5-4-7-15(17)24/h4-10,13,19H,3,11-12H2,1-2H3,(H2,22,23,26)/t13-,19-/m1/s1. The lowest BCUT2D eigenvalue weighted by Gasteiger charge is -2.37. The third kappa shape index (κ3) is 3.98. The van der Waals surface area contributed by atoms with Gasteiger partial charge in [0.1, 0.15) is 11.8 Å². The van der Waals surface area contributed by atoms with Gasteiger partial charge in [-0.05, 0) is 31.2 Å². The molecule has 2 atom stereocenters. The number of nitrogens with zero attached hydrogens (tertiary/aromatic N) is 1. The van der Waals surface area contributed by atoms with Crippen molar-refractivity contribution in [1.82, 2.24) is 10.6 Å². The molecule has 0 bridgehead atoms.